The van der Waals surface area contributed by atoms with Crippen LogP contribution in [0.3, 0.4) is 0 Å². The van der Waals surface area contributed by atoms with Crippen LogP contribution in [0.25, 0.3) is 0 Å². The van der Waals surface area contributed by atoms with Gasteiger partial charge in [0.25, 0.3) is 11.8 Å². The molecule has 3 N–H and O–H groups in total. The molecule has 1 aliphatic carbocycles. The van der Waals surface area contributed by atoms with Crippen LogP contribution in [0.15, 0.2) is 65.9 Å². The Morgan fingerprint density at radius 2 is 1.70 bits per heavy atom. The molecule has 0 spiro atoms. The summed E-state index contributed by atoms with van der Waals surface area (Å²) in [7, 11) is 0. The molecule has 4 rings (SSSR count). The third-order valence-electron chi connectivity index (χ3n) is 6.09. The Bertz CT molecular complexity index is 929. The molecular formula is C25H28N2O3. The number of anilines is 1. The van der Waals surface area contributed by atoms with Gasteiger partial charge in [-0.2, -0.15) is 0 Å². The van der Waals surface area contributed by atoms with Gasteiger partial charge in [-0.3, -0.25) is 9.59 Å². The molecule has 0 aromatic heterocycles. The van der Waals surface area contributed by atoms with E-state index in [0.717, 1.165) is 5.56 Å². The van der Waals surface area contributed by atoms with Gasteiger partial charge in [0, 0.05) is 18.2 Å². The van der Waals surface area contributed by atoms with Crippen LogP contribution in [0.1, 0.15) is 55.6 Å². The van der Waals surface area contributed by atoms with E-state index in [4.69, 9.17) is 0 Å². The molecule has 5 nitrogen and oxygen atoms in total. The van der Waals surface area contributed by atoms with Crippen LogP contribution >= 0.6 is 0 Å². The number of nitrogens with one attached hydrogen (secondary N) is 2. The first-order valence-electron chi connectivity index (χ1n) is 10.8. The van der Waals surface area contributed by atoms with E-state index in [0.29, 0.717) is 18.0 Å². The summed E-state index contributed by atoms with van der Waals surface area (Å²) in [4.78, 5) is 25.2. The quantitative estimate of drug-likeness (QED) is 0.637. The molecule has 1 unspecified atom stereocenters. The molecule has 1 aliphatic heterocycles. The minimum Gasteiger partial charge on any atom is -0.511 e. The van der Waals surface area contributed by atoms with Gasteiger partial charge in [-0.15, -0.1) is 0 Å². The molecule has 2 aromatic rings. The number of aliphatic hydroxyl groups excluding tert-OH is 1. The van der Waals surface area contributed by atoms with Gasteiger partial charge in [0.05, 0.1) is 0 Å². The summed E-state index contributed by atoms with van der Waals surface area (Å²) >= 11 is 0. The lowest BCUT2D eigenvalue weighted by Gasteiger charge is -2.25. The van der Waals surface area contributed by atoms with Crippen molar-refractivity contribution in [3.63, 3.8) is 0 Å². The van der Waals surface area contributed by atoms with Crippen molar-refractivity contribution >= 4 is 17.5 Å². The number of aliphatic hydroxyl groups is 1. The number of hydrogen-bond acceptors (Lipinski definition) is 3. The Morgan fingerprint density at radius 1 is 1.00 bits per heavy atom. The second kappa shape index (κ2) is 9.16. The maximum absolute atomic E-state index is 12.7. The highest BCUT2D eigenvalue weighted by molar-refractivity contribution is 6.23. The first-order valence-corrected chi connectivity index (χ1v) is 10.8. The standard InChI is InChI=1S/C25H28N2O3/c28-22-16-21(15-17-7-3-1-4-8-17)27-25(30)23(22)24(29)26-20-13-11-19(12-14-20)18-9-5-2-6-10-18/h1,3-4,7-8,11-14,18,21,28H,2,5-6,9-10,15-16H2,(H,26,29)(H,27,30). The lowest BCUT2D eigenvalue weighted by molar-refractivity contribution is -0.122. The molecule has 5 heteroatoms. The van der Waals surface area contributed by atoms with Gasteiger partial charge in [-0.1, -0.05) is 61.7 Å². The first-order chi connectivity index (χ1) is 14.6. The topological polar surface area (TPSA) is 78.4 Å². The summed E-state index contributed by atoms with van der Waals surface area (Å²) < 4.78 is 0. The van der Waals surface area contributed by atoms with Gasteiger partial charge in [0.15, 0.2) is 0 Å². The van der Waals surface area contributed by atoms with E-state index in [2.05, 4.69) is 22.8 Å². The third kappa shape index (κ3) is 4.73. The highest BCUT2D eigenvalue weighted by atomic mass is 16.3. The Hall–Kier alpha value is -3.08. The molecule has 2 aromatic carbocycles. The number of rotatable bonds is 5. The molecular weight excluding hydrogens is 376 g/mol. The minimum atomic E-state index is -0.575. The summed E-state index contributed by atoms with van der Waals surface area (Å²) in [6.45, 7) is 0. The van der Waals surface area contributed by atoms with Crippen molar-refractivity contribution < 1.29 is 14.7 Å². The first kappa shape index (κ1) is 20.2. The normalized spacial score (nSPS) is 20.0. The summed E-state index contributed by atoms with van der Waals surface area (Å²) in [5.41, 5.74) is 2.80. The van der Waals surface area contributed by atoms with Gasteiger partial charge < -0.3 is 15.7 Å². The fourth-order valence-electron chi connectivity index (χ4n) is 4.50. The molecule has 2 amide bonds. The summed E-state index contributed by atoms with van der Waals surface area (Å²) in [5, 5.41) is 16.0. The van der Waals surface area contributed by atoms with Gasteiger partial charge in [-0.05, 0) is 48.4 Å². The maximum Gasteiger partial charge on any atom is 0.264 e. The molecule has 1 saturated carbocycles. The highest BCUT2D eigenvalue weighted by Crippen LogP contribution is 2.33. The van der Waals surface area contributed by atoms with E-state index in [9.17, 15) is 14.7 Å². The fourth-order valence-corrected chi connectivity index (χ4v) is 4.50. The van der Waals surface area contributed by atoms with E-state index in [1.807, 2.05) is 42.5 Å². The van der Waals surface area contributed by atoms with Crippen LogP contribution in [-0.4, -0.2) is 23.0 Å². The van der Waals surface area contributed by atoms with E-state index in [1.54, 1.807) is 0 Å². The van der Waals surface area contributed by atoms with E-state index in [-0.39, 0.29) is 23.8 Å². The fraction of sp³-hybridized carbons (Fsp3) is 0.360. The zero-order valence-electron chi connectivity index (χ0n) is 17.1. The van der Waals surface area contributed by atoms with Crippen LogP contribution in [0.2, 0.25) is 0 Å². The zero-order valence-corrected chi connectivity index (χ0v) is 17.1. The van der Waals surface area contributed by atoms with Crippen LogP contribution in [-0.2, 0) is 16.0 Å². The van der Waals surface area contributed by atoms with E-state index in [1.165, 1.54) is 37.7 Å². The van der Waals surface area contributed by atoms with Crippen molar-refractivity contribution in [2.24, 2.45) is 0 Å². The molecule has 0 bridgehead atoms. The minimum absolute atomic E-state index is 0.156. The molecule has 156 valence electrons. The Balaban J connectivity index is 1.40. The number of carbonyl (C=O) groups is 2. The summed E-state index contributed by atoms with van der Waals surface area (Å²) in [6.07, 6.45) is 7.15. The second-order valence-corrected chi connectivity index (χ2v) is 8.30. The van der Waals surface area contributed by atoms with Crippen molar-refractivity contribution in [2.75, 3.05) is 5.32 Å². The molecule has 2 aliphatic rings. The van der Waals surface area contributed by atoms with Gasteiger partial charge in [-0.25, -0.2) is 0 Å². The number of benzene rings is 2. The Labute approximate surface area is 177 Å². The van der Waals surface area contributed by atoms with Crippen molar-refractivity contribution in [3.05, 3.63) is 77.1 Å². The third-order valence-corrected chi connectivity index (χ3v) is 6.09. The Kier molecular flexibility index (Phi) is 6.17. The van der Waals surface area contributed by atoms with Gasteiger partial charge >= 0.3 is 0 Å². The van der Waals surface area contributed by atoms with Crippen molar-refractivity contribution in [1.29, 1.82) is 0 Å². The predicted octanol–water partition coefficient (Wildman–Crippen LogP) is 4.62. The van der Waals surface area contributed by atoms with Crippen LogP contribution in [0.5, 0.6) is 0 Å². The molecule has 1 heterocycles. The van der Waals surface area contributed by atoms with E-state index >= 15 is 0 Å². The lowest BCUT2D eigenvalue weighted by atomic mass is 9.84. The van der Waals surface area contributed by atoms with Crippen molar-refractivity contribution in [3.8, 4) is 0 Å². The number of amides is 2. The highest BCUT2D eigenvalue weighted by Gasteiger charge is 2.31. The lowest BCUT2D eigenvalue weighted by Crippen LogP contribution is -2.44. The smallest absolute Gasteiger partial charge is 0.264 e. The molecule has 30 heavy (non-hydrogen) atoms. The molecule has 1 fully saturated rings. The summed E-state index contributed by atoms with van der Waals surface area (Å²) in [6, 6.07) is 17.4. The van der Waals surface area contributed by atoms with Crippen LogP contribution < -0.4 is 10.6 Å². The number of carbonyl (C=O) groups excluding carboxylic acids is 2. The van der Waals surface area contributed by atoms with E-state index < -0.39 is 11.8 Å². The zero-order chi connectivity index (χ0) is 20.9. The second-order valence-electron chi connectivity index (χ2n) is 8.30. The average Bonchev–Trinajstić information content (AvgIpc) is 2.75. The molecule has 0 radical (unpaired) electrons. The van der Waals surface area contributed by atoms with Crippen LogP contribution in [0, 0.1) is 0 Å². The maximum atomic E-state index is 12.7. The largest absolute Gasteiger partial charge is 0.511 e. The average molecular weight is 405 g/mol. The van der Waals surface area contributed by atoms with Gasteiger partial charge in [0.1, 0.15) is 11.3 Å². The monoisotopic (exact) mass is 404 g/mol. The molecule has 0 saturated heterocycles. The SMILES string of the molecule is O=C(Nc1ccc(C2CCCCC2)cc1)C1=C(O)CC(Cc2ccccc2)NC1=O. The van der Waals surface area contributed by atoms with Crippen molar-refractivity contribution in [1.82, 2.24) is 5.32 Å². The predicted molar refractivity (Wildman–Crippen MR) is 117 cm³/mol. The summed E-state index contributed by atoms with van der Waals surface area (Å²) in [5.74, 6) is -0.665. The molecule has 1 atom stereocenters. The van der Waals surface area contributed by atoms with Gasteiger partial charge in [0.2, 0.25) is 0 Å². The van der Waals surface area contributed by atoms with Crippen LogP contribution in [0.4, 0.5) is 5.69 Å². The van der Waals surface area contributed by atoms with Crippen molar-refractivity contribution in [2.45, 2.75) is 56.9 Å². The Morgan fingerprint density at radius 3 is 2.37 bits per heavy atom. The number of hydrogen-bond donors (Lipinski definition) is 3.